The summed E-state index contributed by atoms with van der Waals surface area (Å²) in [4.78, 5) is 0. The van der Waals surface area contributed by atoms with Crippen molar-refractivity contribution >= 4 is 49.1 Å². The van der Waals surface area contributed by atoms with Crippen molar-refractivity contribution < 1.29 is 14.0 Å². The van der Waals surface area contributed by atoms with Crippen LogP contribution in [0.25, 0.3) is 0 Å². The van der Waals surface area contributed by atoms with Gasteiger partial charge in [-0.3, -0.25) is 4.57 Å². The molecule has 0 saturated heterocycles. The van der Waals surface area contributed by atoms with Crippen LogP contribution < -0.4 is 0 Å². The Bertz CT molecular complexity index is 13.6. The molecule has 0 atom stereocenters. The van der Waals surface area contributed by atoms with Crippen LogP contribution in [0.3, 0.4) is 0 Å². The first-order valence-electron chi connectivity index (χ1n) is 0.542. The van der Waals surface area contributed by atoms with Crippen LogP contribution in [0, 0.1) is 0 Å². The van der Waals surface area contributed by atoms with E-state index in [1.165, 1.54) is 0 Å². The second kappa shape index (κ2) is 16.4. The molecule has 0 aliphatic rings. The van der Waals surface area contributed by atoms with Gasteiger partial charge in [0.15, 0.2) is 0 Å². The molecule has 0 saturated carbocycles. The summed E-state index contributed by atoms with van der Waals surface area (Å²) in [5, 5.41) is 0. The Morgan fingerprint density at radius 1 is 1.40 bits per heavy atom. The molecule has 31 valence electrons. The van der Waals surface area contributed by atoms with Crippen LogP contribution in [-0.2, 0) is 14.0 Å². The molecule has 0 aliphatic heterocycles. The van der Waals surface area contributed by atoms with E-state index in [-0.39, 0.29) is 0 Å². The van der Waals surface area contributed by atoms with Crippen LogP contribution in [0.1, 0.15) is 0 Å². The van der Waals surface area contributed by atoms with Crippen LogP contribution in [0.2, 0.25) is 0 Å². The minimum absolute atomic E-state index is 0.628. The second-order valence-corrected chi connectivity index (χ2v) is 11.9. The zero-order valence-corrected chi connectivity index (χ0v) is 8.82. The summed E-state index contributed by atoms with van der Waals surface area (Å²) in [6.07, 6.45) is 0. The maximum absolute atomic E-state index is 8.06. The van der Waals surface area contributed by atoms with Crippen molar-refractivity contribution in [3.63, 3.8) is 0 Å². The molecule has 0 heterocycles. The first kappa shape index (κ1) is 10.2. The molecule has 0 radical (unpaired) electrons. The molecule has 0 aromatic carbocycles. The van der Waals surface area contributed by atoms with E-state index in [9.17, 15) is 0 Å². The molecule has 0 N–H and O–H groups in total. The van der Waals surface area contributed by atoms with Gasteiger partial charge >= 0.3 is 49.4 Å². The van der Waals surface area contributed by atoms with Crippen molar-refractivity contribution in [1.29, 1.82) is 0 Å². The van der Waals surface area contributed by atoms with Gasteiger partial charge in [-0.15, -0.1) is 0 Å². The van der Waals surface area contributed by atoms with Crippen LogP contribution in [0.5, 0.6) is 0 Å². The normalized spacial score (nSPS) is 3.60. The Balaban J connectivity index is 0. The summed E-state index contributed by atoms with van der Waals surface area (Å²) in [7, 11) is 2.35. The predicted molar refractivity (Wildman–Crippen MR) is 37.0 cm³/mol. The van der Waals surface area contributed by atoms with E-state index in [1.54, 1.807) is 9.12 Å². The van der Waals surface area contributed by atoms with Gasteiger partial charge in [0, 0.05) is 0 Å². The van der Waals surface area contributed by atoms with Crippen molar-refractivity contribution in [2.45, 2.75) is 0 Å². The zero-order chi connectivity index (χ0) is 4.71. The molecule has 5 heteroatoms. The fraction of sp³-hybridized carbons (Fsp3) is 0. The summed E-state index contributed by atoms with van der Waals surface area (Å²) in [5.41, 5.74) is 0. The first-order valence-corrected chi connectivity index (χ1v) is 9.96. The topological polar surface area (TPSA) is 17.1 Å². The number of hydrogen-bond donors (Lipinski definition) is 0. The van der Waals surface area contributed by atoms with Crippen LogP contribution in [-0.4, -0.2) is 0 Å². The van der Waals surface area contributed by atoms with E-state index in [0.717, 1.165) is 0 Å². The summed E-state index contributed by atoms with van der Waals surface area (Å²) < 4.78 is 8.06. The summed E-state index contributed by atoms with van der Waals surface area (Å²) >= 11 is 4.74. The third kappa shape index (κ3) is 23.0. The quantitative estimate of drug-likeness (QED) is 0.483. The van der Waals surface area contributed by atoms with E-state index in [1.807, 2.05) is 0 Å². The Morgan fingerprint density at radius 2 is 1.40 bits per heavy atom. The predicted octanol–water partition coefficient (Wildman–Crippen LogP) is 2.24. The molecule has 0 aromatic rings. The molecule has 0 unspecified atom stereocenters. The van der Waals surface area contributed by atoms with Gasteiger partial charge < -0.3 is 0 Å². The van der Waals surface area contributed by atoms with Gasteiger partial charge in [-0.25, -0.2) is 0 Å². The van der Waals surface area contributed by atoms with Crippen molar-refractivity contribution in [2.75, 3.05) is 0 Å². The average Bonchev–Trinajstić information content (AvgIpc) is 1.46. The van der Waals surface area contributed by atoms with E-state index >= 15 is 0 Å². The van der Waals surface area contributed by atoms with Gasteiger partial charge in [-0.2, -0.15) is 0 Å². The van der Waals surface area contributed by atoms with Gasteiger partial charge in [0.1, 0.15) is 9.12 Å². The van der Waals surface area contributed by atoms with E-state index in [2.05, 4.69) is 40.0 Å². The third-order valence-electron chi connectivity index (χ3n) is 0. The third-order valence-corrected chi connectivity index (χ3v) is 0. The Hall–Kier alpha value is 2.14. The fourth-order valence-electron chi connectivity index (χ4n) is 0. The molecular weight excluding hydrogens is 352 g/mol. The number of rotatable bonds is 0. The monoisotopic (exact) mass is 353 g/mol. The molecule has 0 fully saturated rings. The molecule has 0 spiro atoms. The molecule has 1 nitrogen and oxygen atoms in total. The number of hydrogen-bond acceptors (Lipinski definition) is 1. The minimum atomic E-state index is 0.628. The zero-order valence-electron chi connectivity index (χ0n) is 2.11. The summed E-state index contributed by atoms with van der Waals surface area (Å²) in [5.74, 6) is 0. The van der Waals surface area contributed by atoms with Gasteiger partial charge in [-0.05, 0) is 0 Å². The first-order chi connectivity index (χ1) is 2.41. The van der Waals surface area contributed by atoms with E-state index in [4.69, 9.17) is 4.57 Å². The Labute approximate surface area is 62.1 Å². The second-order valence-electron chi connectivity index (χ2n) is 0.0639. The molecular formula is HI2OPV. The maximum atomic E-state index is 8.06. The molecule has 0 aliphatic carbocycles. The van der Waals surface area contributed by atoms with Crippen molar-refractivity contribution in [2.24, 2.45) is 0 Å². The van der Waals surface area contributed by atoms with Gasteiger partial charge in [-0.1, -0.05) is 0 Å². The van der Waals surface area contributed by atoms with Gasteiger partial charge in [0.25, 0.3) is 0 Å². The van der Waals surface area contributed by atoms with Crippen molar-refractivity contribution in [3.8, 4) is 0 Å². The molecule has 0 bridgehead atoms. The standard InChI is InChI=1S/2HI.HOP.V/c;;1-2;/h2*1H;2H;/q;;;+2/p-2. The average molecular weight is 353 g/mol. The summed E-state index contributed by atoms with van der Waals surface area (Å²) in [6, 6.07) is 0. The Kier molecular flexibility index (Phi) is 33.5. The van der Waals surface area contributed by atoms with Crippen molar-refractivity contribution in [1.82, 2.24) is 0 Å². The Morgan fingerprint density at radius 3 is 1.40 bits per heavy atom. The fourth-order valence-corrected chi connectivity index (χ4v) is 0. The number of halogens is 2. The van der Waals surface area contributed by atoms with Gasteiger partial charge in [0.05, 0.1) is 0 Å². The van der Waals surface area contributed by atoms with E-state index in [0.29, 0.717) is 9.47 Å². The molecule has 0 rings (SSSR count). The van der Waals surface area contributed by atoms with Gasteiger partial charge in [0.2, 0.25) is 0 Å². The molecule has 0 aromatic heterocycles. The van der Waals surface area contributed by atoms with Crippen molar-refractivity contribution in [3.05, 3.63) is 0 Å². The SMILES string of the molecule is O=P.[I][V][I]. The van der Waals surface area contributed by atoms with Crippen LogP contribution in [0.15, 0.2) is 0 Å². The van der Waals surface area contributed by atoms with Crippen LogP contribution in [0.4, 0.5) is 0 Å². The van der Waals surface area contributed by atoms with E-state index < -0.39 is 0 Å². The summed E-state index contributed by atoms with van der Waals surface area (Å²) in [6.45, 7) is 0. The van der Waals surface area contributed by atoms with Crippen LogP contribution >= 0.6 is 49.1 Å². The molecule has 0 amide bonds. The molecule has 5 heavy (non-hydrogen) atoms.